The van der Waals surface area contributed by atoms with Crippen LogP contribution in [0.25, 0.3) is 0 Å². The molecule has 3 nitrogen and oxygen atoms in total. The molecule has 3 heteroatoms. The Kier molecular flexibility index (Phi) is 3.41. The Morgan fingerprint density at radius 1 is 1.25 bits per heavy atom. The van der Waals surface area contributed by atoms with Gasteiger partial charge in [-0.2, -0.15) is 0 Å². The molecule has 4 aliphatic heterocycles. The number of benzene rings is 1. The Morgan fingerprint density at radius 3 is 2.95 bits per heavy atom. The van der Waals surface area contributed by atoms with Crippen LogP contribution in [0.4, 0.5) is 0 Å². The van der Waals surface area contributed by atoms with E-state index in [4.69, 9.17) is 4.74 Å². The SMILES string of the molecule is c1cc2c(cc1CCNC1CN3CCC1CC3)CCO2. The van der Waals surface area contributed by atoms with E-state index in [-0.39, 0.29) is 0 Å². The van der Waals surface area contributed by atoms with Gasteiger partial charge in [0, 0.05) is 19.0 Å². The van der Waals surface area contributed by atoms with Crippen LogP contribution in [0, 0.1) is 5.92 Å². The molecule has 0 aliphatic carbocycles. The van der Waals surface area contributed by atoms with Gasteiger partial charge in [0.2, 0.25) is 0 Å². The van der Waals surface area contributed by atoms with Crippen molar-refractivity contribution >= 4 is 0 Å². The number of fused-ring (bicyclic) bond motifs is 4. The molecule has 4 aliphatic rings. The first-order valence-corrected chi connectivity index (χ1v) is 8.09. The molecule has 0 radical (unpaired) electrons. The lowest BCUT2D eigenvalue weighted by molar-refractivity contribution is 0.0731. The van der Waals surface area contributed by atoms with E-state index in [2.05, 4.69) is 28.4 Å². The largest absolute Gasteiger partial charge is 0.493 e. The predicted molar refractivity (Wildman–Crippen MR) is 80.3 cm³/mol. The first kappa shape index (κ1) is 12.7. The van der Waals surface area contributed by atoms with Crippen molar-refractivity contribution in [1.29, 1.82) is 0 Å². The van der Waals surface area contributed by atoms with Crippen LogP contribution >= 0.6 is 0 Å². The minimum atomic E-state index is 0.732. The van der Waals surface area contributed by atoms with Crippen LogP contribution in [0.5, 0.6) is 5.75 Å². The van der Waals surface area contributed by atoms with E-state index in [1.54, 1.807) is 0 Å². The predicted octanol–water partition coefficient (Wildman–Crippen LogP) is 1.85. The van der Waals surface area contributed by atoms with Crippen molar-refractivity contribution in [2.75, 3.05) is 32.8 Å². The Bertz CT molecular complexity index is 480. The van der Waals surface area contributed by atoms with Gasteiger partial charge in [0.25, 0.3) is 0 Å². The summed E-state index contributed by atoms with van der Waals surface area (Å²) in [5, 5.41) is 3.80. The zero-order valence-electron chi connectivity index (χ0n) is 12.1. The van der Waals surface area contributed by atoms with Gasteiger partial charge in [-0.1, -0.05) is 12.1 Å². The maximum Gasteiger partial charge on any atom is 0.122 e. The number of piperidine rings is 3. The third-order valence-corrected chi connectivity index (χ3v) is 5.23. The molecule has 1 aromatic carbocycles. The normalized spacial score (nSPS) is 31.1. The summed E-state index contributed by atoms with van der Waals surface area (Å²) in [4.78, 5) is 2.62. The summed E-state index contributed by atoms with van der Waals surface area (Å²) in [6, 6.07) is 7.43. The maximum atomic E-state index is 5.57. The molecule has 1 atom stereocenters. The van der Waals surface area contributed by atoms with E-state index in [0.717, 1.165) is 43.7 Å². The molecule has 2 bridgehead atoms. The Labute approximate surface area is 121 Å². The minimum absolute atomic E-state index is 0.732. The van der Waals surface area contributed by atoms with Gasteiger partial charge in [-0.05, 0) is 62.0 Å². The van der Waals surface area contributed by atoms with E-state index in [0.29, 0.717) is 0 Å². The molecule has 3 saturated heterocycles. The number of ether oxygens (including phenoxy) is 1. The highest BCUT2D eigenvalue weighted by Gasteiger charge is 2.33. The lowest BCUT2D eigenvalue weighted by atomic mass is 9.84. The first-order chi connectivity index (χ1) is 9.88. The lowest BCUT2D eigenvalue weighted by Gasteiger charge is -2.45. The average molecular weight is 272 g/mol. The molecule has 3 fully saturated rings. The van der Waals surface area contributed by atoms with Gasteiger partial charge in [0.1, 0.15) is 5.75 Å². The molecule has 20 heavy (non-hydrogen) atoms. The van der Waals surface area contributed by atoms with E-state index in [1.807, 2.05) is 0 Å². The zero-order valence-corrected chi connectivity index (χ0v) is 12.1. The molecule has 5 rings (SSSR count). The third kappa shape index (κ3) is 2.45. The monoisotopic (exact) mass is 272 g/mol. The Hall–Kier alpha value is -1.06. The smallest absolute Gasteiger partial charge is 0.122 e. The van der Waals surface area contributed by atoms with Crippen LogP contribution in [0.15, 0.2) is 18.2 Å². The van der Waals surface area contributed by atoms with Gasteiger partial charge < -0.3 is 15.0 Å². The van der Waals surface area contributed by atoms with E-state index >= 15 is 0 Å². The number of rotatable bonds is 4. The van der Waals surface area contributed by atoms with E-state index < -0.39 is 0 Å². The van der Waals surface area contributed by atoms with Crippen LogP contribution in [0.3, 0.4) is 0 Å². The quantitative estimate of drug-likeness (QED) is 0.905. The highest BCUT2D eigenvalue weighted by atomic mass is 16.5. The van der Waals surface area contributed by atoms with Gasteiger partial charge in [0.05, 0.1) is 6.61 Å². The summed E-state index contributed by atoms with van der Waals surface area (Å²) in [5.74, 6) is 2.02. The topological polar surface area (TPSA) is 24.5 Å². The summed E-state index contributed by atoms with van der Waals surface area (Å²) in [5.41, 5.74) is 2.84. The molecule has 1 N–H and O–H groups in total. The summed E-state index contributed by atoms with van der Waals surface area (Å²) in [6.45, 7) is 5.88. The fourth-order valence-corrected chi connectivity index (χ4v) is 3.99. The molecular formula is C17H24N2O. The van der Waals surface area contributed by atoms with Crippen molar-refractivity contribution < 1.29 is 4.74 Å². The average Bonchev–Trinajstić information content (AvgIpc) is 2.96. The van der Waals surface area contributed by atoms with Crippen molar-refractivity contribution in [2.24, 2.45) is 5.92 Å². The second-order valence-corrected chi connectivity index (χ2v) is 6.49. The Morgan fingerprint density at radius 2 is 2.15 bits per heavy atom. The second kappa shape index (κ2) is 5.38. The number of nitrogens with one attached hydrogen (secondary N) is 1. The molecule has 108 valence electrons. The van der Waals surface area contributed by atoms with Gasteiger partial charge >= 0.3 is 0 Å². The van der Waals surface area contributed by atoms with Crippen molar-refractivity contribution in [3.05, 3.63) is 29.3 Å². The van der Waals surface area contributed by atoms with Crippen molar-refractivity contribution in [2.45, 2.75) is 31.7 Å². The summed E-state index contributed by atoms with van der Waals surface area (Å²) >= 11 is 0. The van der Waals surface area contributed by atoms with Crippen molar-refractivity contribution in [1.82, 2.24) is 10.2 Å². The molecule has 4 heterocycles. The van der Waals surface area contributed by atoms with Gasteiger partial charge in [0.15, 0.2) is 0 Å². The highest BCUT2D eigenvalue weighted by molar-refractivity contribution is 5.39. The fraction of sp³-hybridized carbons (Fsp3) is 0.647. The molecular weight excluding hydrogens is 248 g/mol. The molecule has 1 aromatic rings. The first-order valence-electron chi connectivity index (χ1n) is 8.09. The van der Waals surface area contributed by atoms with E-state index in [9.17, 15) is 0 Å². The molecule has 0 spiro atoms. The summed E-state index contributed by atoms with van der Waals surface area (Å²) in [6.07, 6.45) is 5.01. The van der Waals surface area contributed by atoms with Crippen LogP contribution < -0.4 is 10.1 Å². The zero-order chi connectivity index (χ0) is 13.4. The summed E-state index contributed by atoms with van der Waals surface area (Å²) in [7, 11) is 0. The van der Waals surface area contributed by atoms with Crippen molar-refractivity contribution in [3.8, 4) is 5.75 Å². The molecule has 1 unspecified atom stereocenters. The van der Waals surface area contributed by atoms with E-state index in [1.165, 1.54) is 43.6 Å². The van der Waals surface area contributed by atoms with Crippen LogP contribution in [-0.4, -0.2) is 43.7 Å². The second-order valence-electron chi connectivity index (χ2n) is 6.49. The number of hydrogen-bond donors (Lipinski definition) is 1. The van der Waals surface area contributed by atoms with Crippen LogP contribution in [0.1, 0.15) is 24.0 Å². The van der Waals surface area contributed by atoms with Gasteiger partial charge in [-0.25, -0.2) is 0 Å². The molecule has 0 saturated carbocycles. The maximum absolute atomic E-state index is 5.57. The van der Waals surface area contributed by atoms with Crippen molar-refractivity contribution in [3.63, 3.8) is 0 Å². The standard InChI is InChI=1S/C17H24N2O/c1-2-17-15(6-10-20-17)11-13(1)3-7-18-16-12-19-8-4-14(16)5-9-19/h1-2,11,14,16,18H,3-10,12H2. The fourth-order valence-electron chi connectivity index (χ4n) is 3.99. The molecule has 0 amide bonds. The van der Waals surface area contributed by atoms with Crippen LogP contribution in [0.2, 0.25) is 0 Å². The number of hydrogen-bond acceptors (Lipinski definition) is 3. The summed E-state index contributed by atoms with van der Waals surface area (Å²) < 4.78 is 5.57. The molecule has 0 aromatic heterocycles. The third-order valence-electron chi connectivity index (χ3n) is 5.23. The van der Waals surface area contributed by atoms with Gasteiger partial charge in [-0.3, -0.25) is 0 Å². The Balaban J connectivity index is 1.30. The lowest BCUT2D eigenvalue weighted by Crippen LogP contribution is -2.56. The number of nitrogens with zero attached hydrogens (tertiary/aromatic N) is 1. The van der Waals surface area contributed by atoms with Crippen LogP contribution in [-0.2, 0) is 12.8 Å². The minimum Gasteiger partial charge on any atom is -0.493 e. The van der Waals surface area contributed by atoms with Gasteiger partial charge in [-0.15, -0.1) is 0 Å². The highest BCUT2D eigenvalue weighted by Crippen LogP contribution is 2.28.